The highest BCUT2D eigenvalue weighted by Crippen LogP contribution is 2.30. The first-order chi connectivity index (χ1) is 13.7. The van der Waals surface area contributed by atoms with Crippen molar-refractivity contribution in [2.24, 2.45) is 0 Å². The summed E-state index contributed by atoms with van der Waals surface area (Å²) < 4.78 is 0. The fraction of sp³-hybridized carbons (Fsp3) is 0.250. The van der Waals surface area contributed by atoms with E-state index in [2.05, 4.69) is 10.6 Å². The van der Waals surface area contributed by atoms with Crippen molar-refractivity contribution < 1.29 is 19.3 Å². The Morgan fingerprint density at radius 2 is 1.90 bits per heavy atom. The fourth-order valence-electron chi connectivity index (χ4n) is 3.22. The summed E-state index contributed by atoms with van der Waals surface area (Å²) in [7, 11) is 0. The number of nitrogens with zero attached hydrogens (tertiary/aromatic N) is 2. The van der Waals surface area contributed by atoms with Crippen molar-refractivity contribution in [2.45, 2.75) is 25.4 Å². The van der Waals surface area contributed by atoms with Crippen molar-refractivity contribution in [3.8, 4) is 0 Å². The highest BCUT2D eigenvalue weighted by Gasteiger charge is 2.49. The maximum atomic E-state index is 12.9. The van der Waals surface area contributed by atoms with Gasteiger partial charge in [0.1, 0.15) is 12.1 Å². The Morgan fingerprint density at radius 3 is 2.55 bits per heavy atom. The molecule has 2 aromatic rings. The van der Waals surface area contributed by atoms with Crippen LogP contribution in [0.1, 0.15) is 31.0 Å². The molecule has 0 radical (unpaired) electrons. The molecule has 9 nitrogen and oxygen atoms in total. The summed E-state index contributed by atoms with van der Waals surface area (Å²) in [6.07, 6.45) is 0. The van der Waals surface area contributed by atoms with E-state index in [0.717, 1.165) is 10.5 Å². The number of imide groups is 1. The zero-order valence-corrected chi connectivity index (χ0v) is 15.9. The lowest BCUT2D eigenvalue weighted by atomic mass is 9.91. The molecule has 0 spiro atoms. The smallest absolute Gasteiger partial charge is 0.325 e. The van der Waals surface area contributed by atoms with Gasteiger partial charge in [-0.15, -0.1) is 0 Å². The van der Waals surface area contributed by atoms with Gasteiger partial charge in [0.05, 0.1) is 11.0 Å². The first-order valence-electron chi connectivity index (χ1n) is 8.95. The molecule has 1 aliphatic rings. The molecule has 3 rings (SSSR count). The molecule has 2 unspecified atom stereocenters. The van der Waals surface area contributed by atoms with Gasteiger partial charge < -0.3 is 10.6 Å². The maximum absolute atomic E-state index is 12.9. The number of nitro groups is 1. The molecule has 0 bridgehead atoms. The van der Waals surface area contributed by atoms with Crippen LogP contribution in [0.15, 0.2) is 54.6 Å². The van der Waals surface area contributed by atoms with Crippen molar-refractivity contribution >= 4 is 23.5 Å². The number of hydrogen-bond donors (Lipinski definition) is 2. The normalized spacial score (nSPS) is 19.6. The van der Waals surface area contributed by atoms with Gasteiger partial charge in [-0.25, -0.2) is 4.79 Å². The lowest BCUT2D eigenvalue weighted by Crippen LogP contribution is -2.43. The number of carbonyl (C=O) groups is 3. The quantitative estimate of drug-likeness (QED) is 0.441. The number of hydrogen-bond acceptors (Lipinski definition) is 5. The largest absolute Gasteiger partial charge is 0.348 e. The van der Waals surface area contributed by atoms with Crippen LogP contribution >= 0.6 is 0 Å². The molecule has 0 aliphatic carbocycles. The van der Waals surface area contributed by atoms with E-state index in [1.54, 1.807) is 6.92 Å². The fourth-order valence-corrected chi connectivity index (χ4v) is 3.22. The Bertz CT molecular complexity index is 978. The number of nitrogens with one attached hydrogen (secondary N) is 2. The molecule has 4 amide bonds. The molecule has 29 heavy (non-hydrogen) atoms. The third kappa shape index (κ3) is 3.93. The molecule has 2 atom stereocenters. The van der Waals surface area contributed by atoms with Gasteiger partial charge in [0.15, 0.2) is 0 Å². The van der Waals surface area contributed by atoms with Gasteiger partial charge in [-0.1, -0.05) is 42.5 Å². The zero-order chi connectivity index (χ0) is 21.2. The SMILES string of the molecule is CC(NC(=O)CN1C(=O)NC(C)(c2cccc([N+](=O)[O-])c2)C1=O)c1ccccc1. The number of nitro benzene ring substituents is 1. The van der Waals surface area contributed by atoms with Crippen LogP contribution in [-0.2, 0) is 15.1 Å². The Hall–Kier alpha value is -3.75. The van der Waals surface area contributed by atoms with E-state index < -0.39 is 34.9 Å². The van der Waals surface area contributed by atoms with E-state index in [1.807, 2.05) is 30.3 Å². The Kier molecular flexibility index (Phi) is 5.31. The van der Waals surface area contributed by atoms with Crippen LogP contribution in [0.4, 0.5) is 10.5 Å². The van der Waals surface area contributed by atoms with Gasteiger partial charge >= 0.3 is 6.03 Å². The summed E-state index contributed by atoms with van der Waals surface area (Å²) in [5.74, 6) is -1.14. The second kappa shape index (κ2) is 7.70. The monoisotopic (exact) mass is 396 g/mol. The predicted molar refractivity (Wildman–Crippen MR) is 104 cm³/mol. The van der Waals surface area contributed by atoms with Crippen molar-refractivity contribution in [1.82, 2.24) is 15.5 Å². The number of benzene rings is 2. The lowest BCUT2D eigenvalue weighted by molar-refractivity contribution is -0.385. The minimum atomic E-state index is -1.49. The first kappa shape index (κ1) is 20.0. The van der Waals surface area contributed by atoms with E-state index in [9.17, 15) is 24.5 Å². The predicted octanol–water partition coefficient (Wildman–Crippen LogP) is 2.24. The molecule has 1 saturated heterocycles. The Labute approximate surface area is 166 Å². The van der Waals surface area contributed by atoms with Crippen LogP contribution in [0, 0.1) is 10.1 Å². The van der Waals surface area contributed by atoms with Crippen LogP contribution in [0.25, 0.3) is 0 Å². The van der Waals surface area contributed by atoms with Gasteiger partial charge in [-0.05, 0) is 25.0 Å². The molecule has 150 valence electrons. The second-order valence-corrected chi connectivity index (χ2v) is 6.95. The molecular formula is C20H20N4O5. The standard InChI is InChI=1S/C20H20N4O5/c1-13(14-7-4-3-5-8-14)21-17(25)12-23-18(26)20(2,22-19(23)27)15-9-6-10-16(11-15)24(28)29/h3-11,13H,12H2,1-2H3,(H,21,25)(H,22,27). The highest BCUT2D eigenvalue weighted by atomic mass is 16.6. The van der Waals surface area contributed by atoms with Crippen LogP contribution < -0.4 is 10.6 Å². The van der Waals surface area contributed by atoms with Crippen LogP contribution in [-0.4, -0.2) is 34.2 Å². The summed E-state index contributed by atoms with van der Waals surface area (Å²) in [5, 5.41) is 16.3. The number of rotatable bonds is 6. The zero-order valence-electron chi connectivity index (χ0n) is 15.9. The van der Waals surface area contributed by atoms with Crippen molar-refractivity contribution in [2.75, 3.05) is 6.54 Å². The van der Waals surface area contributed by atoms with Crippen molar-refractivity contribution in [3.05, 3.63) is 75.8 Å². The second-order valence-electron chi connectivity index (χ2n) is 6.95. The van der Waals surface area contributed by atoms with Gasteiger partial charge in [-0.3, -0.25) is 24.6 Å². The third-order valence-electron chi connectivity index (χ3n) is 4.89. The molecule has 2 N–H and O–H groups in total. The number of carbonyl (C=O) groups excluding carboxylic acids is 3. The molecule has 0 aromatic heterocycles. The molecule has 1 aliphatic heterocycles. The van der Waals surface area contributed by atoms with Gasteiger partial charge in [0, 0.05) is 12.1 Å². The van der Waals surface area contributed by atoms with E-state index >= 15 is 0 Å². The molecular weight excluding hydrogens is 376 g/mol. The summed E-state index contributed by atoms with van der Waals surface area (Å²) in [6, 6.07) is 13.7. The van der Waals surface area contributed by atoms with Gasteiger partial charge in [0.2, 0.25) is 5.91 Å². The van der Waals surface area contributed by atoms with Crippen LogP contribution in [0.3, 0.4) is 0 Å². The van der Waals surface area contributed by atoms with Crippen LogP contribution in [0.2, 0.25) is 0 Å². The Balaban J connectivity index is 1.74. The average Bonchev–Trinajstić information content (AvgIpc) is 2.92. The number of amides is 4. The number of urea groups is 1. The summed E-state index contributed by atoms with van der Waals surface area (Å²) in [6.45, 7) is 2.80. The van der Waals surface area contributed by atoms with Crippen LogP contribution in [0.5, 0.6) is 0 Å². The van der Waals surface area contributed by atoms with Crippen molar-refractivity contribution in [1.29, 1.82) is 0 Å². The average molecular weight is 396 g/mol. The summed E-state index contributed by atoms with van der Waals surface area (Å²) in [5.41, 5.74) is -0.530. The summed E-state index contributed by atoms with van der Waals surface area (Å²) >= 11 is 0. The molecule has 1 heterocycles. The molecule has 2 aromatic carbocycles. The Morgan fingerprint density at radius 1 is 1.21 bits per heavy atom. The highest BCUT2D eigenvalue weighted by molar-refractivity contribution is 6.09. The van der Waals surface area contributed by atoms with E-state index in [4.69, 9.17) is 0 Å². The first-order valence-corrected chi connectivity index (χ1v) is 8.95. The maximum Gasteiger partial charge on any atom is 0.325 e. The lowest BCUT2D eigenvalue weighted by Gasteiger charge is -2.22. The van der Waals surface area contributed by atoms with E-state index in [0.29, 0.717) is 0 Å². The topological polar surface area (TPSA) is 122 Å². The number of non-ortho nitro benzene ring substituents is 1. The van der Waals surface area contributed by atoms with E-state index in [1.165, 1.54) is 31.2 Å². The minimum Gasteiger partial charge on any atom is -0.348 e. The molecule has 1 fully saturated rings. The van der Waals surface area contributed by atoms with E-state index in [-0.39, 0.29) is 17.3 Å². The molecule has 0 saturated carbocycles. The molecule has 9 heteroatoms. The minimum absolute atomic E-state index is 0.196. The van der Waals surface area contributed by atoms with Gasteiger partial charge in [-0.2, -0.15) is 0 Å². The third-order valence-corrected chi connectivity index (χ3v) is 4.89. The summed E-state index contributed by atoms with van der Waals surface area (Å²) in [4.78, 5) is 48.9. The van der Waals surface area contributed by atoms with Gasteiger partial charge in [0.25, 0.3) is 11.6 Å². The van der Waals surface area contributed by atoms with Crippen molar-refractivity contribution in [3.63, 3.8) is 0 Å².